The lowest BCUT2D eigenvalue weighted by Crippen LogP contribution is -2.45. The number of halogens is 4. The molecular formula is C47H53Cl2F2N13O. The fraction of sp³-hybridized carbons (Fsp3) is 0.383. The zero-order valence-electron chi connectivity index (χ0n) is 37.1. The Morgan fingerprint density at radius 2 is 1.12 bits per heavy atom. The number of hydrogen-bond acceptors (Lipinski definition) is 12. The van der Waals surface area contributed by atoms with Crippen LogP contribution in [0.25, 0.3) is 61.9 Å². The molecule has 0 radical (unpaired) electrons. The Kier molecular flexibility index (Phi) is 14.8. The van der Waals surface area contributed by atoms with Crippen molar-refractivity contribution in [2.45, 2.75) is 25.9 Å². The zero-order chi connectivity index (χ0) is 45.5. The van der Waals surface area contributed by atoms with Gasteiger partial charge in [-0.3, -0.25) is 14.8 Å². The predicted molar refractivity (Wildman–Crippen MR) is 253 cm³/mol. The fourth-order valence-electron chi connectivity index (χ4n) is 7.92. The summed E-state index contributed by atoms with van der Waals surface area (Å²) < 4.78 is 36.3. The van der Waals surface area contributed by atoms with Crippen LogP contribution in [0.1, 0.15) is 18.3 Å². The Hall–Kier alpha value is -5.33. The quantitative estimate of drug-likeness (QED) is 0.113. The summed E-state index contributed by atoms with van der Waals surface area (Å²) >= 11 is 13.7. The molecule has 0 saturated carbocycles. The minimum atomic E-state index is -3.02. The Morgan fingerprint density at radius 1 is 0.615 bits per heavy atom. The maximum Gasteiger partial charge on any atom is 0.286 e. The maximum atomic E-state index is 13.7. The van der Waals surface area contributed by atoms with Crippen LogP contribution < -0.4 is 0 Å². The molecule has 0 atom stereocenters. The van der Waals surface area contributed by atoms with Gasteiger partial charge in [-0.05, 0) is 32.3 Å². The highest BCUT2D eigenvalue weighted by Gasteiger charge is 2.27. The number of fused-ring (bicyclic) bond motifs is 2. The molecular weight excluding hydrogens is 872 g/mol. The molecule has 18 heteroatoms. The van der Waals surface area contributed by atoms with Crippen LogP contribution in [-0.4, -0.2) is 158 Å². The number of pyridine rings is 1. The van der Waals surface area contributed by atoms with Gasteiger partial charge in [-0.2, -0.15) is 19.0 Å². The second-order valence-corrected chi connectivity index (χ2v) is 17.3. The molecule has 7 aromatic rings. The van der Waals surface area contributed by atoms with E-state index in [1.807, 2.05) is 77.5 Å². The summed E-state index contributed by atoms with van der Waals surface area (Å²) in [7, 11) is 5.96. The molecule has 65 heavy (non-hydrogen) atoms. The molecule has 7 heterocycles. The first-order valence-corrected chi connectivity index (χ1v) is 22.5. The number of hydrogen-bond donors (Lipinski definition) is 0. The second-order valence-electron chi connectivity index (χ2n) is 16.5. The third-order valence-electron chi connectivity index (χ3n) is 11.8. The van der Waals surface area contributed by atoms with Gasteiger partial charge >= 0.3 is 0 Å². The van der Waals surface area contributed by atoms with Crippen LogP contribution in [0.3, 0.4) is 0 Å². The van der Waals surface area contributed by atoms with Crippen LogP contribution in [0.4, 0.5) is 8.78 Å². The second kappa shape index (κ2) is 20.9. The number of ether oxygens (including phenoxy) is 1. The van der Waals surface area contributed by atoms with E-state index in [4.69, 9.17) is 38.1 Å². The monoisotopic (exact) mass is 923 g/mol. The molecule has 0 unspecified atom stereocenters. The van der Waals surface area contributed by atoms with Crippen molar-refractivity contribution in [3.05, 3.63) is 107 Å². The lowest BCUT2D eigenvalue weighted by atomic mass is 10.1. The maximum absolute atomic E-state index is 13.7. The highest BCUT2D eigenvalue weighted by molar-refractivity contribution is 6.39. The van der Waals surface area contributed by atoms with Gasteiger partial charge in [0.05, 0.1) is 46.2 Å². The molecule has 0 amide bonds. The van der Waals surface area contributed by atoms with Gasteiger partial charge in [-0.1, -0.05) is 89.9 Å². The average Bonchev–Trinajstić information content (AvgIpc) is 3.88. The van der Waals surface area contributed by atoms with E-state index in [0.717, 1.165) is 101 Å². The zero-order valence-corrected chi connectivity index (χ0v) is 38.6. The topological polar surface area (TPSA) is 122 Å². The Bertz CT molecular complexity index is 2700. The molecule has 9 rings (SSSR count). The number of rotatable bonds is 13. The van der Waals surface area contributed by atoms with Crippen molar-refractivity contribution >= 4 is 51.3 Å². The largest absolute Gasteiger partial charge is 0.381 e. The molecule has 14 nitrogen and oxygen atoms in total. The predicted octanol–water partition coefficient (Wildman–Crippen LogP) is 7.62. The number of likely N-dealkylation sites (N-methyl/N-ethyl adjacent to an activating group) is 2. The lowest BCUT2D eigenvalue weighted by molar-refractivity contribution is 0.0128. The molecule has 0 bridgehead atoms. The number of aromatic nitrogens is 9. The molecule has 2 aliphatic heterocycles. The third kappa shape index (κ3) is 10.9. The van der Waals surface area contributed by atoms with E-state index >= 15 is 0 Å². The van der Waals surface area contributed by atoms with E-state index in [-0.39, 0.29) is 5.69 Å². The van der Waals surface area contributed by atoms with Crippen LogP contribution in [0.15, 0.2) is 85.1 Å². The summed E-state index contributed by atoms with van der Waals surface area (Å²) in [5.41, 5.74) is 5.90. The Morgan fingerprint density at radius 3 is 1.62 bits per heavy atom. The van der Waals surface area contributed by atoms with Crippen molar-refractivity contribution in [2.75, 3.05) is 93.3 Å². The van der Waals surface area contributed by atoms with Crippen LogP contribution in [-0.2, 0) is 23.7 Å². The summed E-state index contributed by atoms with van der Waals surface area (Å²) in [6.45, 7) is 12.8. The van der Waals surface area contributed by atoms with Gasteiger partial charge in [0.25, 0.3) is 5.92 Å². The van der Waals surface area contributed by atoms with Gasteiger partial charge in [0.15, 0.2) is 11.3 Å². The van der Waals surface area contributed by atoms with Crippen LogP contribution >= 0.6 is 23.2 Å². The number of methoxy groups -OCH3 is 1. The van der Waals surface area contributed by atoms with E-state index in [2.05, 4.69) is 59.1 Å². The number of benzene rings is 2. The van der Waals surface area contributed by atoms with E-state index in [9.17, 15) is 8.78 Å². The Labute approximate surface area is 387 Å². The third-order valence-corrected chi connectivity index (χ3v) is 12.5. The van der Waals surface area contributed by atoms with Gasteiger partial charge in [0, 0.05) is 102 Å². The van der Waals surface area contributed by atoms with Crippen molar-refractivity contribution < 1.29 is 13.5 Å². The van der Waals surface area contributed by atoms with Crippen molar-refractivity contribution in [2.24, 2.45) is 0 Å². The van der Waals surface area contributed by atoms with Crippen LogP contribution in [0.5, 0.6) is 0 Å². The van der Waals surface area contributed by atoms with Gasteiger partial charge in [0.1, 0.15) is 22.8 Å². The average molecular weight is 925 g/mol. The highest BCUT2D eigenvalue weighted by atomic mass is 35.5. The number of piperazine rings is 2. The Balaban J connectivity index is 0.000000179. The fourth-order valence-corrected chi connectivity index (χ4v) is 8.56. The molecule has 0 N–H and O–H groups in total. The van der Waals surface area contributed by atoms with Gasteiger partial charge in [-0.25, -0.2) is 9.36 Å². The van der Waals surface area contributed by atoms with Gasteiger partial charge < -0.3 is 14.5 Å². The first-order valence-electron chi connectivity index (χ1n) is 21.8. The SMILES string of the molecule is CN1CCN(CCn2nc(-c3ccc(C(C)(F)F)nc3)c3c(Cl)c(-c4ccccc4)nnc32)CC1.COC/C=C/c1nn(CCN2CCN(C)CC2)c2nnc(-c3ccccc3)c(Cl)c12. The molecule has 2 aliphatic rings. The first kappa shape index (κ1) is 46.2. The molecule has 2 fully saturated rings. The van der Waals surface area contributed by atoms with Crippen molar-refractivity contribution in [3.8, 4) is 33.8 Å². The molecule has 5 aromatic heterocycles. The van der Waals surface area contributed by atoms with Crippen molar-refractivity contribution in [1.82, 2.24) is 64.5 Å². The first-order chi connectivity index (χ1) is 31.5. The highest BCUT2D eigenvalue weighted by Crippen LogP contribution is 2.38. The summed E-state index contributed by atoms with van der Waals surface area (Å²) in [6.07, 6.45) is 5.30. The minimum Gasteiger partial charge on any atom is -0.381 e. The molecule has 2 saturated heterocycles. The van der Waals surface area contributed by atoms with E-state index in [1.54, 1.807) is 17.9 Å². The van der Waals surface area contributed by atoms with Gasteiger partial charge in [0.2, 0.25) is 0 Å². The molecule has 2 aromatic carbocycles. The lowest BCUT2D eigenvalue weighted by Gasteiger charge is -2.32. The standard InChI is InChI=1S/C25H26ClF2N7.C22H27ClN6O/c1-25(27,28)19-9-8-18(16-29-19)22-20-21(26)23(17-6-4-3-5-7-17)30-31-24(20)35(32-22)15-14-34-12-10-33(2)11-13-34;1-27-10-12-28(13-11-27)14-15-29-22-19(18(26-29)9-6-16-30-2)20(23)21(24-25-22)17-7-4-3-5-8-17/h3-9,16H,10-15H2,1-2H3;3-9H,10-16H2,1-2H3/b;9-6+. The van der Waals surface area contributed by atoms with Gasteiger partial charge in [-0.15, -0.1) is 20.4 Å². The van der Waals surface area contributed by atoms with Crippen LogP contribution in [0, 0.1) is 0 Å². The van der Waals surface area contributed by atoms with E-state index < -0.39 is 5.92 Å². The van der Waals surface area contributed by atoms with Crippen molar-refractivity contribution in [3.63, 3.8) is 0 Å². The minimum absolute atomic E-state index is 0.295. The number of alkyl halides is 2. The molecule has 0 spiro atoms. The smallest absolute Gasteiger partial charge is 0.286 e. The van der Waals surface area contributed by atoms with E-state index in [1.165, 1.54) is 12.3 Å². The molecule has 0 aliphatic carbocycles. The van der Waals surface area contributed by atoms with E-state index in [0.29, 0.717) is 62.5 Å². The summed E-state index contributed by atoms with van der Waals surface area (Å²) in [4.78, 5) is 13.5. The normalized spacial score (nSPS) is 15.9. The summed E-state index contributed by atoms with van der Waals surface area (Å²) in [6, 6.07) is 22.4. The molecule has 340 valence electrons. The summed E-state index contributed by atoms with van der Waals surface area (Å²) in [5, 5.41) is 30.0. The van der Waals surface area contributed by atoms with Crippen molar-refractivity contribution in [1.29, 1.82) is 0 Å². The van der Waals surface area contributed by atoms with Crippen LogP contribution in [0.2, 0.25) is 10.0 Å². The number of nitrogens with zero attached hydrogens (tertiary/aromatic N) is 13. The summed E-state index contributed by atoms with van der Waals surface area (Å²) in [5.74, 6) is -3.02.